The summed E-state index contributed by atoms with van der Waals surface area (Å²) in [5.74, 6) is 0. The molecule has 13 heteroatoms. The monoisotopic (exact) mass is 284 g/mol. The summed E-state index contributed by atoms with van der Waals surface area (Å²) in [5, 5.41) is 0. The molecule has 0 saturated carbocycles. The molecule has 0 aromatic heterocycles. The lowest BCUT2D eigenvalue weighted by atomic mass is 13.8. The predicted molar refractivity (Wildman–Crippen MR) is 60.5 cm³/mol. The molecule has 13 heavy (non-hydrogen) atoms. The van der Waals surface area contributed by atoms with Crippen LogP contribution >= 0.6 is 13.0 Å². The lowest BCUT2D eigenvalue weighted by molar-refractivity contribution is 0.592. The highest BCUT2D eigenvalue weighted by Gasteiger charge is 2.20. The van der Waals surface area contributed by atoms with Crippen molar-refractivity contribution in [3.8, 4) is 0 Å². The lowest BCUT2D eigenvalue weighted by Gasteiger charge is -2.16. The zero-order valence-corrected chi connectivity index (χ0v) is 10.5. The van der Waals surface area contributed by atoms with Gasteiger partial charge in [0.1, 0.15) is 13.0 Å². The van der Waals surface area contributed by atoms with Crippen LogP contribution in [-0.2, 0) is 33.8 Å². The Labute approximate surface area is 86.3 Å². The molecule has 0 aliphatic rings. The summed E-state index contributed by atoms with van der Waals surface area (Å²) in [5.41, 5.74) is 20.4. The average molecular weight is 284 g/mol. The molecule has 0 atom stereocenters. The molecule has 0 spiro atoms. The second-order valence-electron chi connectivity index (χ2n) is 2.10. The van der Waals surface area contributed by atoms with Gasteiger partial charge >= 0.3 is 0 Å². The molecule has 80 valence electrons. The first-order chi connectivity index (χ1) is 5.41. The largest absolute Gasteiger partial charge is 0.288 e. The molecule has 0 aromatic rings. The number of nitrogens with two attached hydrogens (primary N) is 4. The SMILES string of the molecule is NP(N)(=S)NS(=O)(=O)NP(N)(N)=S. The van der Waals surface area contributed by atoms with Crippen LogP contribution in [0.1, 0.15) is 0 Å². The first-order valence-electron chi connectivity index (χ1n) is 2.59. The van der Waals surface area contributed by atoms with Crippen molar-refractivity contribution in [1.82, 2.24) is 8.99 Å². The number of nitrogens with one attached hydrogen (secondary N) is 2. The Hall–Kier alpha value is 1.01. The van der Waals surface area contributed by atoms with Crippen LogP contribution in [0, 0.1) is 0 Å². The maximum Gasteiger partial charge on any atom is 0.288 e. The Bertz CT molecular complexity index is 329. The molecule has 0 heterocycles. The van der Waals surface area contributed by atoms with Crippen LogP contribution in [0.3, 0.4) is 0 Å². The van der Waals surface area contributed by atoms with Gasteiger partial charge in [0.05, 0.1) is 0 Å². The van der Waals surface area contributed by atoms with Crippen LogP contribution in [0.2, 0.25) is 0 Å². The van der Waals surface area contributed by atoms with Gasteiger partial charge in [-0.3, -0.25) is 22.0 Å². The molecular formula is H10N6O2P2S3. The van der Waals surface area contributed by atoms with Gasteiger partial charge in [0.25, 0.3) is 10.2 Å². The highest BCUT2D eigenvalue weighted by atomic mass is 32.5. The van der Waals surface area contributed by atoms with Gasteiger partial charge in [-0.1, -0.05) is 0 Å². The molecule has 0 aliphatic heterocycles. The van der Waals surface area contributed by atoms with E-state index >= 15 is 0 Å². The summed E-state index contributed by atoms with van der Waals surface area (Å²) in [6, 6.07) is 0. The maximum atomic E-state index is 11.0. The van der Waals surface area contributed by atoms with E-state index in [4.69, 9.17) is 22.0 Å². The zero-order valence-electron chi connectivity index (χ0n) is 6.25. The summed E-state index contributed by atoms with van der Waals surface area (Å²) >= 11 is 8.91. The van der Waals surface area contributed by atoms with E-state index in [2.05, 4.69) is 23.6 Å². The first-order valence-corrected chi connectivity index (χ1v) is 9.95. The van der Waals surface area contributed by atoms with Crippen molar-refractivity contribution >= 4 is 46.8 Å². The molecule has 0 aromatic carbocycles. The van der Waals surface area contributed by atoms with Crippen LogP contribution in [0.4, 0.5) is 0 Å². The van der Waals surface area contributed by atoms with E-state index in [1.807, 2.05) is 0 Å². The van der Waals surface area contributed by atoms with Crippen LogP contribution in [0.15, 0.2) is 0 Å². The van der Waals surface area contributed by atoms with E-state index in [-0.39, 0.29) is 0 Å². The molecule has 0 saturated heterocycles. The molecular weight excluding hydrogens is 274 g/mol. The van der Waals surface area contributed by atoms with Crippen LogP contribution in [0.5, 0.6) is 0 Å². The van der Waals surface area contributed by atoms with Gasteiger partial charge in [0.2, 0.25) is 0 Å². The Morgan fingerprint density at radius 1 is 0.923 bits per heavy atom. The van der Waals surface area contributed by atoms with Gasteiger partial charge in [0, 0.05) is 0 Å². The Balaban J connectivity index is 4.65. The third kappa shape index (κ3) is 9.32. The van der Waals surface area contributed by atoms with Crippen molar-refractivity contribution in [3.63, 3.8) is 0 Å². The highest BCUT2D eigenvalue weighted by molar-refractivity contribution is 8.19. The third-order valence-electron chi connectivity index (χ3n) is 0.526. The lowest BCUT2D eigenvalue weighted by Crippen LogP contribution is -2.39. The van der Waals surface area contributed by atoms with Gasteiger partial charge in [-0.25, -0.2) is 0 Å². The molecule has 0 radical (unpaired) electrons. The molecule has 0 aliphatic carbocycles. The molecule has 0 unspecified atom stereocenters. The molecule has 10 N–H and O–H groups in total. The quantitative estimate of drug-likeness (QED) is 0.314. The third-order valence-corrected chi connectivity index (χ3v) is 6.07. The van der Waals surface area contributed by atoms with Crippen LogP contribution < -0.4 is 31.0 Å². The smallest absolute Gasteiger partial charge is 0.279 e. The highest BCUT2D eigenvalue weighted by Crippen LogP contribution is 2.24. The number of rotatable bonds is 4. The zero-order chi connectivity index (χ0) is 10.9. The fourth-order valence-corrected chi connectivity index (χ4v) is 5.70. The van der Waals surface area contributed by atoms with Crippen molar-refractivity contribution in [1.29, 1.82) is 0 Å². The molecule has 0 rings (SSSR count). The maximum absolute atomic E-state index is 11.0. The van der Waals surface area contributed by atoms with E-state index in [0.29, 0.717) is 0 Å². The molecule has 0 bridgehead atoms. The summed E-state index contributed by atoms with van der Waals surface area (Å²) in [7, 11) is -4.01. The Morgan fingerprint density at radius 2 is 1.15 bits per heavy atom. The fraction of sp³-hybridized carbons (Fsp3) is 0. The van der Waals surface area contributed by atoms with Crippen molar-refractivity contribution in [2.45, 2.75) is 0 Å². The topological polar surface area (TPSA) is 162 Å². The van der Waals surface area contributed by atoms with Crippen molar-refractivity contribution in [2.24, 2.45) is 22.0 Å². The summed E-state index contributed by atoms with van der Waals surface area (Å²) in [6.07, 6.45) is 0. The van der Waals surface area contributed by atoms with Gasteiger partial charge in [-0.15, -0.1) is 8.99 Å². The van der Waals surface area contributed by atoms with E-state index < -0.39 is 23.2 Å². The minimum absolute atomic E-state index is 1.80. The molecule has 8 nitrogen and oxygen atoms in total. The first kappa shape index (κ1) is 14.0. The van der Waals surface area contributed by atoms with Crippen molar-refractivity contribution < 1.29 is 8.42 Å². The van der Waals surface area contributed by atoms with Gasteiger partial charge in [-0.2, -0.15) is 8.42 Å². The second kappa shape index (κ2) is 4.25. The molecule has 0 fully saturated rings. The summed E-state index contributed by atoms with van der Waals surface area (Å²) in [4.78, 5) is 0. The van der Waals surface area contributed by atoms with Gasteiger partial charge in [0.15, 0.2) is 0 Å². The summed E-state index contributed by atoms with van der Waals surface area (Å²) in [6.45, 7) is -6.16. The second-order valence-corrected chi connectivity index (χ2v) is 11.0. The minimum Gasteiger partial charge on any atom is -0.279 e. The summed E-state index contributed by atoms with van der Waals surface area (Å²) < 4.78 is 25.7. The van der Waals surface area contributed by atoms with E-state index in [1.165, 1.54) is 0 Å². The van der Waals surface area contributed by atoms with Gasteiger partial charge in [-0.05, 0) is 23.6 Å². The Morgan fingerprint density at radius 3 is 1.31 bits per heavy atom. The standard InChI is InChI=1S/H10N6O2P2S3/c1-9(2,11)5-13(7,8)6-10(3,4)12/h(H5,1,2,5,11)(H5,3,4,6,12). The average Bonchev–Trinajstić information content (AvgIpc) is 1.43. The van der Waals surface area contributed by atoms with Gasteiger partial charge < -0.3 is 0 Å². The number of hydrogen-bond acceptors (Lipinski definition) is 4. The normalized spacial score (nSPS) is 14.5. The van der Waals surface area contributed by atoms with E-state index in [0.717, 1.165) is 0 Å². The van der Waals surface area contributed by atoms with Crippen LogP contribution in [0.25, 0.3) is 0 Å². The molecule has 0 amide bonds. The van der Waals surface area contributed by atoms with E-state index in [9.17, 15) is 8.42 Å². The van der Waals surface area contributed by atoms with Crippen molar-refractivity contribution in [2.75, 3.05) is 0 Å². The number of hydrogen-bond donors (Lipinski definition) is 6. The van der Waals surface area contributed by atoms with E-state index in [1.54, 1.807) is 8.99 Å². The predicted octanol–water partition coefficient (Wildman–Crippen LogP) is -2.31. The van der Waals surface area contributed by atoms with Crippen LogP contribution in [-0.4, -0.2) is 8.42 Å². The van der Waals surface area contributed by atoms with Crippen molar-refractivity contribution in [3.05, 3.63) is 0 Å². The fourth-order valence-electron chi connectivity index (χ4n) is 0.396. The Kier molecular flexibility index (Phi) is 4.58. The minimum atomic E-state index is -4.01.